The summed E-state index contributed by atoms with van der Waals surface area (Å²) in [4.78, 5) is 23.8. The van der Waals surface area contributed by atoms with Gasteiger partial charge in [-0.2, -0.15) is 5.10 Å². The number of nitrogens with zero attached hydrogens (tertiary/aromatic N) is 5. The second-order valence-electron chi connectivity index (χ2n) is 8.21. The summed E-state index contributed by atoms with van der Waals surface area (Å²) in [5.74, 6) is -1.67. The molecule has 0 radical (unpaired) electrons. The first-order chi connectivity index (χ1) is 17.0. The highest BCUT2D eigenvalue weighted by Crippen LogP contribution is 2.27. The van der Waals surface area contributed by atoms with E-state index in [4.69, 9.17) is 4.98 Å². The molecule has 6 nitrogen and oxygen atoms in total. The van der Waals surface area contributed by atoms with Gasteiger partial charge in [-0.1, -0.05) is 36.4 Å². The third kappa shape index (κ3) is 4.63. The van der Waals surface area contributed by atoms with Crippen molar-refractivity contribution in [3.63, 3.8) is 0 Å². The average Bonchev–Trinajstić information content (AvgIpc) is 3.28. The summed E-state index contributed by atoms with van der Waals surface area (Å²) in [6.45, 7) is 0.447. The molecule has 0 atom stereocenters. The molecule has 0 unspecified atom stereocenters. The summed E-state index contributed by atoms with van der Waals surface area (Å²) in [5, 5.41) is 5.09. The summed E-state index contributed by atoms with van der Waals surface area (Å²) < 4.78 is 29.3. The van der Waals surface area contributed by atoms with Gasteiger partial charge in [0.15, 0.2) is 5.65 Å². The molecule has 0 saturated carbocycles. The number of rotatable bonds is 6. The molecule has 2 aromatic carbocycles. The Balaban J connectivity index is 1.57. The topological polar surface area (TPSA) is 63.9 Å². The van der Waals surface area contributed by atoms with E-state index in [1.54, 1.807) is 36.4 Å². The normalized spacial score (nSPS) is 11.1. The minimum Gasteiger partial charge on any atom is -0.337 e. The molecule has 0 saturated heterocycles. The fourth-order valence-corrected chi connectivity index (χ4v) is 3.94. The highest BCUT2D eigenvalue weighted by molar-refractivity contribution is 6.06. The highest BCUT2D eigenvalue weighted by Gasteiger charge is 2.21. The van der Waals surface area contributed by atoms with E-state index in [0.717, 1.165) is 17.2 Å². The first-order valence-electron chi connectivity index (χ1n) is 11.0. The second-order valence-corrected chi connectivity index (χ2v) is 8.21. The lowest BCUT2D eigenvalue weighted by Gasteiger charge is -2.19. The SMILES string of the molecule is CN(Cc1ccc(F)cc1F)C(=O)c1cc(-c2ccccc2)nc2c1cnn2Cc1ccncc1. The third-order valence-electron chi connectivity index (χ3n) is 5.76. The molecule has 5 rings (SSSR count). The summed E-state index contributed by atoms with van der Waals surface area (Å²) in [6, 6.07) is 18.4. The number of fused-ring (bicyclic) bond motifs is 1. The van der Waals surface area contributed by atoms with Gasteiger partial charge >= 0.3 is 0 Å². The Morgan fingerprint density at radius 3 is 2.51 bits per heavy atom. The Bertz CT molecular complexity index is 1500. The van der Waals surface area contributed by atoms with Crippen molar-refractivity contribution in [1.82, 2.24) is 24.6 Å². The van der Waals surface area contributed by atoms with Crippen molar-refractivity contribution in [2.75, 3.05) is 7.05 Å². The van der Waals surface area contributed by atoms with Crippen LogP contribution in [0.1, 0.15) is 21.5 Å². The maximum atomic E-state index is 14.2. The smallest absolute Gasteiger partial charge is 0.254 e. The van der Waals surface area contributed by atoms with Crippen LogP contribution in [0, 0.1) is 11.6 Å². The van der Waals surface area contributed by atoms with E-state index >= 15 is 0 Å². The summed E-state index contributed by atoms with van der Waals surface area (Å²) in [6.07, 6.45) is 5.04. The maximum Gasteiger partial charge on any atom is 0.254 e. The van der Waals surface area contributed by atoms with Crippen LogP contribution in [-0.4, -0.2) is 37.6 Å². The third-order valence-corrected chi connectivity index (χ3v) is 5.76. The van der Waals surface area contributed by atoms with Crippen LogP contribution in [0.5, 0.6) is 0 Å². The van der Waals surface area contributed by atoms with Crippen LogP contribution in [0.4, 0.5) is 8.78 Å². The minimum absolute atomic E-state index is 0.0133. The van der Waals surface area contributed by atoms with Gasteiger partial charge in [0.1, 0.15) is 11.6 Å². The van der Waals surface area contributed by atoms with E-state index in [-0.39, 0.29) is 18.0 Å². The second kappa shape index (κ2) is 9.42. The number of benzene rings is 2. The molecule has 35 heavy (non-hydrogen) atoms. The van der Waals surface area contributed by atoms with Gasteiger partial charge in [-0.05, 0) is 29.8 Å². The number of halogens is 2. The monoisotopic (exact) mass is 469 g/mol. The van der Waals surface area contributed by atoms with Crippen molar-refractivity contribution < 1.29 is 13.6 Å². The van der Waals surface area contributed by atoms with Crippen LogP contribution in [0.15, 0.2) is 85.3 Å². The summed E-state index contributed by atoms with van der Waals surface area (Å²) >= 11 is 0. The van der Waals surface area contributed by atoms with E-state index in [9.17, 15) is 13.6 Å². The predicted octanol–water partition coefficient (Wildman–Crippen LogP) is 5.09. The maximum absolute atomic E-state index is 14.2. The molecular weight excluding hydrogens is 448 g/mol. The molecule has 0 bridgehead atoms. The van der Waals surface area contributed by atoms with Gasteiger partial charge in [0, 0.05) is 43.2 Å². The Morgan fingerprint density at radius 1 is 1.00 bits per heavy atom. The van der Waals surface area contributed by atoms with Crippen molar-refractivity contribution in [2.24, 2.45) is 0 Å². The largest absolute Gasteiger partial charge is 0.337 e. The van der Waals surface area contributed by atoms with Gasteiger partial charge in [0.25, 0.3) is 5.91 Å². The standard InChI is InChI=1S/C27H21F2N5O/c1-33(17-20-7-8-21(28)13-24(20)29)27(35)22-14-25(19-5-3-2-4-6-19)32-26-23(22)15-31-34(26)16-18-9-11-30-12-10-18/h2-15H,16-17H2,1H3. The number of hydrogen-bond donors (Lipinski definition) is 0. The lowest BCUT2D eigenvalue weighted by molar-refractivity contribution is 0.0785. The van der Waals surface area contributed by atoms with Crippen molar-refractivity contribution in [2.45, 2.75) is 13.1 Å². The van der Waals surface area contributed by atoms with Crippen molar-refractivity contribution >= 4 is 16.9 Å². The van der Waals surface area contributed by atoms with Crippen LogP contribution in [0.2, 0.25) is 0 Å². The van der Waals surface area contributed by atoms with Gasteiger partial charge in [0.2, 0.25) is 0 Å². The number of hydrogen-bond acceptors (Lipinski definition) is 4. The van der Waals surface area contributed by atoms with Gasteiger partial charge in [-0.3, -0.25) is 9.78 Å². The van der Waals surface area contributed by atoms with E-state index in [0.29, 0.717) is 28.8 Å². The van der Waals surface area contributed by atoms with Crippen molar-refractivity contribution in [3.8, 4) is 11.3 Å². The fourth-order valence-electron chi connectivity index (χ4n) is 3.94. The number of carbonyl (C=O) groups is 1. The molecule has 3 aromatic heterocycles. The van der Waals surface area contributed by atoms with E-state index in [2.05, 4.69) is 10.1 Å². The van der Waals surface area contributed by atoms with E-state index in [1.165, 1.54) is 17.0 Å². The quantitative estimate of drug-likeness (QED) is 0.347. The molecule has 8 heteroatoms. The lowest BCUT2D eigenvalue weighted by atomic mass is 10.1. The van der Waals surface area contributed by atoms with Gasteiger partial charge < -0.3 is 4.90 Å². The summed E-state index contributed by atoms with van der Waals surface area (Å²) in [7, 11) is 1.58. The Labute approximate surface area is 200 Å². The molecule has 0 spiro atoms. The number of amides is 1. The zero-order valence-corrected chi connectivity index (χ0v) is 18.9. The predicted molar refractivity (Wildman–Crippen MR) is 128 cm³/mol. The first kappa shape index (κ1) is 22.3. The molecule has 1 amide bonds. The van der Waals surface area contributed by atoms with Gasteiger partial charge in [-0.25, -0.2) is 18.4 Å². The van der Waals surface area contributed by atoms with Gasteiger partial charge in [0.05, 0.1) is 29.4 Å². The van der Waals surface area contributed by atoms with Crippen LogP contribution < -0.4 is 0 Å². The minimum atomic E-state index is -0.695. The molecule has 0 aliphatic rings. The van der Waals surface area contributed by atoms with Gasteiger partial charge in [-0.15, -0.1) is 0 Å². The van der Waals surface area contributed by atoms with Crippen LogP contribution in [0.25, 0.3) is 22.3 Å². The van der Waals surface area contributed by atoms with Crippen LogP contribution in [-0.2, 0) is 13.1 Å². The number of carbonyl (C=O) groups excluding carboxylic acids is 1. The molecule has 0 fully saturated rings. The molecule has 0 aliphatic heterocycles. The Kier molecular flexibility index (Phi) is 6.01. The molecule has 0 N–H and O–H groups in total. The van der Waals surface area contributed by atoms with Crippen LogP contribution >= 0.6 is 0 Å². The van der Waals surface area contributed by atoms with Crippen molar-refractivity contribution in [3.05, 3.63) is 114 Å². The molecular formula is C27H21F2N5O. The molecule has 3 heterocycles. The molecule has 0 aliphatic carbocycles. The summed E-state index contributed by atoms with van der Waals surface area (Å²) in [5.41, 5.74) is 3.66. The fraction of sp³-hybridized carbons (Fsp3) is 0.111. The lowest BCUT2D eigenvalue weighted by Crippen LogP contribution is -2.27. The Hall–Kier alpha value is -4.46. The van der Waals surface area contributed by atoms with Crippen molar-refractivity contribution in [1.29, 1.82) is 0 Å². The van der Waals surface area contributed by atoms with E-state index in [1.807, 2.05) is 42.5 Å². The molecule has 5 aromatic rings. The number of aromatic nitrogens is 4. The zero-order valence-electron chi connectivity index (χ0n) is 18.9. The zero-order chi connectivity index (χ0) is 24.4. The molecule has 174 valence electrons. The number of pyridine rings is 2. The Morgan fingerprint density at radius 2 is 1.77 bits per heavy atom. The van der Waals surface area contributed by atoms with Crippen LogP contribution in [0.3, 0.4) is 0 Å². The average molecular weight is 469 g/mol. The van der Waals surface area contributed by atoms with E-state index < -0.39 is 11.6 Å². The first-order valence-corrected chi connectivity index (χ1v) is 11.0. The highest BCUT2D eigenvalue weighted by atomic mass is 19.1.